The lowest BCUT2D eigenvalue weighted by molar-refractivity contribution is -0.207. The van der Waals surface area contributed by atoms with Crippen molar-refractivity contribution in [2.45, 2.75) is 43.4 Å². The molecule has 1 fully saturated rings. The Labute approximate surface area is 125 Å². The quantitative estimate of drug-likeness (QED) is 0.333. The zero-order chi connectivity index (χ0) is 17.1. The van der Waals surface area contributed by atoms with E-state index in [0.29, 0.717) is 0 Å². The SMILES string of the molecule is O=C(O[C@H]1C[C@@H]2CC[C@H]1c1c(F)c(F)c(F)c(F)c12)C(F)(F)F. The molecule has 1 saturated carbocycles. The number of carbonyl (C=O) groups excluding carboxylic acids is 1. The van der Waals surface area contributed by atoms with Crippen LogP contribution in [0.3, 0.4) is 0 Å². The van der Waals surface area contributed by atoms with Crippen molar-refractivity contribution in [1.29, 1.82) is 0 Å². The van der Waals surface area contributed by atoms with Crippen LogP contribution in [-0.2, 0) is 9.53 Å². The third kappa shape index (κ3) is 2.36. The number of ether oxygens (including phenoxy) is 1. The molecule has 0 saturated heterocycles. The molecule has 1 aromatic carbocycles. The first kappa shape index (κ1) is 16.1. The van der Waals surface area contributed by atoms with Crippen LogP contribution in [0.2, 0.25) is 0 Å². The zero-order valence-electron chi connectivity index (χ0n) is 11.3. The van der Waals surface area contributed by atoms with Gasteiger partial charge in [-0.15, -0.1) is 0 Å². The number of halogens is 7. The lowest BCUT2D eigenvalue weighted by Gasteiger charge is -2.43. The Hall–Kier alpha value is -1.80. The lowest BCUT2D eigenvalue weighted by Crippen LogP contribution is -2.41. The van der Waals surface area contributed by atoms with E-state index in [0.717, 1.165) is 0 Å². The molecule has 3 aliphatic rings. The molecule has 9 heteroatoms. The molecule has 4 rings (SSSR count). The Kier molecular flexibility index (Phi) is 3.57. The number of hydrogen-bond donors (Lipinski definition) is 0. The minimum atomic E-state index is -5.22. The van der Waals surface area contributed by atoms with Gasteiger partial charge in [-0.3, -0.25) is 0 Å². The lowest BCUT2D eigenvalue weighted by atomic mass is 9.65. The van der Waals surface area contributed by atoms with Crippen LogP contribution >= 0.6 is 0 Å². The fraction of sp³-hybridized carbons (Fsp3) is 0.500. The van der Waals surface area contributed by atoms with Crippen LogP contribution in [-0.4, -0.2) is 18.2 Å². The van der Waals surface area contributed by atoms with E-state index in [1.54, 1.807) is 0 Å². The molecule has 0 aromatic heterocycles. The average molecular weight is 342 g/mol. The summed E-state index contributed by atoms with van der Waals surface area (Å²) in [5, 5.41) is 0. The van der Waals surface area contributed by atoms with E-state index in [-0.39, 0.29) is 24.8 Å². The molecule has 0 heterocycles. The zero-order valence-corrected chi connectivity index (χ0v) is 11.3. The third-order valence-electron chi connectivity index (χ3n) is 4.40. The van der Waals surface area contributed by atoms with Gasteiger partial charge in [0.1, 0.15) is 6.10 Å². The summed E-state index contributed by atoms with van der Waals surface area (Å²) in [5.74, 6) is -11.5. The summed E-state index contributed by atoms with van der Waals surface area (Å²) in [7, 11) is 0. The van der Waals surface area contributed by atoms with Crippen LogP contribution in [0.15, 0.2) is 0 Å². The van der Waals surface area contributed by atoms with Crippen molar-refractivity contribution in [3.63, 3.8) is 0 Å². The highest BCUT2D eigenvalue weighted by atomic mass is 19.4. The van der Waals surface area contributed by atoms with Gasteiger partial charge >= 0.3 is 12.1 Å². The summed E-state index contributed by atoms with van der Waals surface area (Å²) in [5.41, 5.74) is -0.888. The molecule has 0 aliphatic heterocycles. The molecule has 0 N–H and O–H groups in total. The maximum Gasteiger partial charge on any atom is 0.490 e. The summed E-state index contributed by atoms with van der Waals surface area (Å²) in [6, 6.07) is 0. The Balaban J connectivity index is 2.02. The molecule has 2 nitrogen and oxygen atoms in total. The first-order valence-electron chi connectivity index (χ1n) is 6.76. The van der Waals surface area contributed by atoms with Crippen molar-refractivity contribution < 1.29 is 40.3 Å². The van der Waals surface area contributed by atoms with Crippen LogP contribution < -0.4 is 0 Å². The number of alkyl halides is 3. The number of benzene rings is 1. The van der Waals surface area contributed by atoms with E-state index in [1.165, 1.54) is 0 Å². The van der Waals surface area contributed by atoms with Crippen LogP contribution in [0.5, 0.6) is 0 Å². The number of fused-ring (bicyclic) bond motifs is 2. The number of hydrogen-bond acceptors (Lipinski definition) is 2. The summed E-state index contributed by atoms with van der Waals surface area (Å²) in [4.78, 5) is 10.9. The number of rotatable bonds is 1. The van der Waals surface area contributed by atoms with Crippen LogP contribution in [0.4, 0.5) is 30.7 Å². The van der Waals surface area contributed by atoms with Gasteiger partial charge in [-0.1, -0.05) is 0 Å². The standard InChI is InChI=1S/C14H9F7O2/c15-9-7-4-1-2-5(8(7)10(16)12(18)11(9)17)6(3-4)23-13(22)14(19,20)21/h4-6H,1-3H2/t4-,5+,6-/m0/s1. The van der Waals surface area contributed by atoms with Gasteiger partial charge < -0.3 is 4.74 Å². The number of carbonyl (C=O) groups is 1. The smallest absolute Gasteiger partial charge is 0.455 e. The van der Waals surface area contributed by atoms with E-state index >= 15 is 0 Å². The van der Waals surface area contributed by atoms with Crippen LogP contribution in [0, 0.1) is 23.3 Å². The maximum absolute atomic E-state index is 14.0. The molecule has 23 heavy (non-hydrogen) atoms. The molecule has 1 aromatic rings. The van der Waals surface area contributed by atoms with Gasteiger partial charge in [0.25, 0.3) is 0 Å². The fourth-order valence-corrected chi connectivity index (χ4v) is 3.48. The highest BCUT2D eigenvalue weighted by Crippen LogP contribution is 2.53. The van der Waals surface area contributed by atoms with Crippen molar-refractivity contribution in [2.24, 2.45) is 0 Å². The average Bonchev–Trinajstić information content (AvgIpc) is 2.49. The summed E-state index contributed by atoms with van der Waals surface area (Å²) >= 11 is 0. The van der Waals surface area contributed by atoms with Gasteiger partial charge in [-0.05, 0) is 25.2 Å². The first-order chi connectivity index (χ1) is 10.6. The highest BCUT2D eigenvalue weighted by molar-refractivity contribution is 5.76. The van der Waals surface area contributed by atoms with Crippen LogP contribution in [0.25, 0.3) is 0 Å². The van der Waals surface area contributed by atoms with Gasteiger partial charge in [0, 0.05) is 17.0 Å². The molecule has 3 aliphatic carbocycles. The third-order valence-corrected chi connectivity index (χ3v) is 4.40. The van der Waals surface area contributed by atoms with Gasteiger partial charge in [0.05, 0.1) is 0 Å². The van der Waals surface area contributed by atoms with Crippen molar-refractivity contribution >= 4 is 5.97 Å². The minimum absolute atomic E-state index is 0.0922. The fourth-order valence-electron chi connectivity index (χ4n) is 3.48. The van der Waals surface area contributed by atoms with E-state index in [9.17, 15) is 35.5 Å². The maximum atomic E-state index is 14.0. The normalized spacial score (nSPS) is 26.1. The van der Waals surface area contributed by atoms with Crippen LogP contribution in [0.1, 0.15) is 42.2 Å². The molecule has 0 amide bonds. The Morgan fingerprint density at radius 2 is 1.48 bits per heavy atom. The molecule has 0 radical (unpaired) electrons. The molecule has 2 bridgehead atoms. The van der Waals surface area contributed by atoms with Gasteiger partial charge in [-0.2, -0.15) is 13.2 Å². The van der Waals surface area contributed by atoms with E-state index < -0.39 is 58.9 Å². The molecule has 126 valence electrons. The Bertz CT molecular complexity index is 683. The van der Waals surface area contributed by atoms with Gasteiger partial charge in [0.15, 0.2) is 23.3 Å². The van der Waals surface area contributed by atoms with E-state index in [2.05, 4.69) is 4.74 Å². The first-order valence-corrected chi connectivity index (χ1v) is 6.76. The van der Waals surface area contributed by atoms with Crippen molar-refractivity contribution in [2.75, 3.05) is 0 Å². The van der Waals surface area contributed by atoms with E-state index in [1.807, 2.05) is 0 Å². The second kappa shape index (κ2) is 5.10. The minimum Gasteiger partial charge on any atom is -0.455 e. The molecular weight excluding hydrogens is 333 g/mol. The second-order valence-electron chi connectivity index (χ2n) is 5.64. The largest absolute Gasteiger partial charge is 0.490 e. The molecular formula is C14H9F7O2. The topological polar surface area (TPSA) is 26.3 Å². The summed E-state index contributed by atoms with van der Waals surface area (Å²) in [6.45, 7) is 0. The summed E-state index contributed by atoms with van der Waals surface area (Å²) < 4.78 is 95.8. The van der Waals surface area contributed by atoms with Gasteiger partial charge in [-0.25, -0.2) is 22.4 Å². The van der Waals surface area contributed by atoms with Crippen molar-refractivity contribution in [1.82, 2.24) is 0 Å². The van der Waals surface area contributed by atoms with Crippen molar-refractivity contribution in [3.8, 4) is 0 Å². The van der Waals surface area contributed by atoms with Crippen molar-refractivity contribution in [3.05, 3.63) is 34.4 Å². The predicted molar refractivity (Wildman–Crippen MR) is 61.5 cm³/mol. The monoisotopic (exact) mass is 342 g/mol. The van der Waals surface area contributed by atoms with E-state index in [4.69, 9.17) is 0 Å². The Morgan fingerprint density at radius 3 is 2.04 bits per heavy atom. The second-order valence-corrected chi connectivity index (χ2v) is 5.64. The molecule has 3 atom stereocenters. The molecule has 0 spiro atoms. The van der Waals surface area contributed by atoms with Gasteiger partial charge in [0.2, 0.25) is 0 Å². The highest BCUT2D eigenvalue weighted by Gasteiger charge is 2.50. The predicted octanol–water partition coefficient (Wildman–Crippen LogP) is 4.08. The summed E-state index contributed by atoms with van der Waals surface area (Å²) in [6.07, 6.45) is -6.42. The Morgan fingerprint density at radius 1 is 0.913 bits per heavy atom. The molecule has 0 unspecified atom stereocenters. The number of esters is 1.